The second-order valence-electron chi connectivity index (χ2n) is 12.0. The highest BCUT2D eigenvalue weighted by molar-refractivity contribution is 5.96. The van der Waals surface area contributed by atoms with Crippen molar-refractivity contribution in [3.63, 3.8) is 0 Å². The fourth-order valence-electron chi connectivity index (χ4n) is 5.64. The second-order valence-corrected chi connectivity index (χ2v) is 12.0. The van der Waals surface area contributed by atoms with Gasteiger partial charge in [0.2, 0.25) is 5.75 Å². The Balaban J connectivity index is 1.22. The maximum Gasteiger partial charge on any atom is 0.253 e. The van der Waals surface area contributed by atoms with E-state index < -0.39 is 0 Å². The van der Waals surface area contributed by atoms with Crippen molar-refractivity contribution >= 4 is 11.8 Å². The third-order valence-corrected chi connectivity index (χ3v) is 8.40. The molecule has 6 rings (SSSR count). The fourth-order valence-corrected chi connectivity index (χ4v) is 5.64. The highest BCUT2D eigenvalue weighted by Crippen LogP contribution is 2.40. The lowest BCUT2D eigenvalue weighted by atomic mass is 10.0. The van der Waals surface area contributed by atoms with Crippen molar-refractivity contribution in [3.05, 3.63) is 161 Å². The average molecular weight is 641 g/mol. The van der Waals surface area contributed by atoms with Crippen molar-refractivity contribution in [2.75, 3.05) is 13.1 Å². The van der Waals surface area contributed by atoms with Gasteiger partial charge in [-0.3, -0.25) is 9.59 Å². The molecule has 244 valence electrons. The molecule has 7 nitrogen and oxygen atoms in total. The van der Waals surface area contributed by atoms with Crippen LogP contribution in [-0.2, 0) is 19.8 Å². The molecule has 2 amide bonds. The second kappa shape index (κ2) is 15.8. The molecule has 0 spiro atoms. The first-order valence-corrected chi connectivity index (χ1v) is 16.4. The van der Waals surface area contributed by atoms with Crippen LogP contribution in [0.25, 0.3) is 0 Å². The lowest BCUT2D eigenvalue weighted by Crippen LogP contribution is -2.46. The number of likely N-dealkylation sites (tertiary alicyclic amines) is 1. The first-order chi connectivity index (χ1) is 23.5. The van der Waals surface area contributed by atoms with Crippen LogP contribution in [0.5, 0.6) is 17.2 Å². The summed E-state index contributed by atoms with van der Waals surface area (Å²) in [7, 11) is 0. The van der Waals surface area contributed by atoms with E-state index in [1.807, 2.05) is 127 Å². The minimum atomic E-state index is -0.234. The van der Waals surface area contributed by atoms with Gasteiger partial charge < -0.3 is 24.4 Å². The van der Waals surface area contributed by atoms with Gasteiger partial charge in [-0.05, 0) is 60.7 Å². The highest BCUT2D eigenvalue weighted by Gasteiger charge is 2.26. The van der Waals surface area contributed by atoms with Crippen LogP contribution >= 0.6 is 0 Å². The molecule has 0 aliphatic carbocycles. The molecule has 1 N–H and O–H groups in total. The van der Waals surface area contributed by atoms with Crippen LogP contribution in [0.15, 0.2) is 127 Å². The van der Waals surface area contributed by atoms with Gasteiger partial charge in [-0.1, -0.05) is 109 Å². The Bertz CT molecular complexity index is 1720. The topological polar surface area (TPSA) is 77.1 Å². The van der Waals surface area contributed by atoms with Gasteiger partial charge >= 0.3 is 0 Å². The molecule has 0 radical (unpaired) electrons. The third kappa shape index (κ3) is 8.62. The third-order valence-electron chi connectivity index (χ3n) is 8.40. The normalized spacial score (nSPS) is 13.1. The van der Waals surface area contributed by atoms with E-state index in [9.17, 15) is 9.59 Å². The number of carbonyl (C=O) groups excluding carboxylic acids is 2. The monoisotopic (exact) mass is 640 g/mol. The van der Waals surface area contributed by atoms with E-state index in [0.717, 1.165) is 22.3 Å². The summed E-state index contributed by atoms with van der Waals surface area (Å²) in [6, 6.07) is 40.6. The number of nitrogens with zero attached hydrogens (tertiary/aromatic N) is 1. The van der Waals surface area contributed by atoms with Crippen LogP contribution in [0.3, 0.4) is 0 Å². The Morgan fingerprint density at radius 3 is 1.56 bits per heavy atom. The molecule has 1 heterocycles. The number of rotatable bonds is 12. The van der Waals surface area contributed by atoms with E-state index in [0.29, 0.717) is 74.1 Å². The van der Waals surface area contributed by atoms with Gasteiger partial charge in [0.25, 0.3) is 11.8 Å². The number of ether oxygens (including phenoxy) is 3. The van der Waals surface area contributed by atoms with Crippen molar-refractivity contribution in [3.8, 4) is 17.2 Å². The summed E-state index contributed by atoms with van der Waals surface area (Å²) in [5.74, 6) is 1.06. The Kier molecular flexibility index (Phi) is 10.7. The summed E-state index contributed by atoms with van der Waals surface area (Å²) in [5.41, 5.74) is 5.18. The van der Waals surface area contributed by atoms with Crippen molar-refractivity contribution in [2.45, 2.75) is 45.6 Å². The summed E-state index contributed by atoms with van der Waals surface area (Å²) < 4.78 is 19.1. The van der Waals surface area contributed by atoms with Crippen LogP contribution in [-0.4, -0.2) is 35.8 Å². The standard InChI is InChI=1S/C41H40N2O5/c1-30-17-19-34(20-18-30)41(45)43-23-21-36(22-24-43)42-40(44)35-25-37(46-27-31-11-5-2-6-12-31)39(48-29-33-15-9-4-10-16-33)38(26-35)47-28-32-13-7-3-8-14-32/h2-20,25-26,36H,21-24,27-29H2,1H3,(H,42,44). The number of amides is 2. The lowest BCUT2D eigenvalue weighted by Gasteiger charge is -2.32. The van der Waals surface area contributed by atoms with Gasteiger partial charge in [-0.15, -0.1) is 0 Å². The summed E-state index contributed by atoms with van der Waals surface area (Å²) in [4.78, 5) is 28.7. The molecule has 1 aliphatic rings. The molecule has 1 saturated heterocycles. The molecule has 1 aliphatic heterocycles. The van der Waals surface area contributed by atoms with Gasteiger partial charge in [0.1, 0.15) is 19.8 Å². The highest BCUT2D eigenvalue weighted by atomic mass is 16.5. The quantitative estimate of drug-likeness (QED) is 0.151. The molecular formula is C41H40N2O5. The zero-order chi connectivity index (χ0) is 33.1. The fraction of sp³-hybridized carbons (Fsp3) is 0.220. The Hall–Kier alpha value is -5.56. The Morgan fingerprint density at radius 2 is 1.08 bits per heavy atom. The first-order valence-electron chi connectivity index (χ1n) is 16.4. The van der Waals surface area contributed by atoms with E-state index in [1.165, 1.54) is 0 Å². The Morgan fingerprint density at radius 1 is 0.625 bits per heavy atom. The largest absolute Gasteiger partial charge is 0.485 e. The van der Waals surface area contributed by atoms with E-state index in [2.05, 4.69) is 5.32 Å². The van der Waals surface area contributed by atoms with Crippen molar-refractivity contribution in [1.82, 2.24) is 10.2 Å². The van der Waals surface area contributed by atoms with Crippen molar-refractivity contribution in [1.29, 1.82) is 0 Å². The summed E-state index contributed by atoms with van der Waals surface area (Å²) in [6.07, 6.45) is 1.33. The summed E-state index contributed by atoms with van der Waals surface area (Å²) in [5, 5.41) is 3.19. The van der Waals surface area contributed by atoms with E-state index >= 15 is 0 Å². The van der Waals surface area contributed by atoms with Crippen molar-refractivity contribution in [2.24, 2.45) is 0 Å². The minimum absolute atomic E-state index is 0.0197. The number of aryl methyl sites for hydroxylation is 1. The average Bonchev–Trinajstić information content (AvgIpc) is 3.14. The molecule has 5 aromatic carbocycles. The lowest BCUT2D eigenvalue weighted by molar-refractivity contribution is 0.0698. The first kappa shape index (κ1) is 32.4. The summed E-state index contributed by atoms with van der Waals surface area (Å²) >= 11 is 0. The van der Waals surface area contributed by atoms with Crippen molar-refractivity contribution < 1.29 is 23.8 Å². The van der Waals surface area contributed by atoms with Gasteiger partial charge in [-0.25, -0.2) is 0 Å². The smallest absolute Gasteiger partial charge is 0.253 e. The SMILES string of the molecule is Cc1ccc(C(=O)N2CCC(NC(=O)c3cc(OCc4ccccc4)c(OCc4ccccc4)c(OCc4ccccc4)c3)CC2)cc1. The van der Waals surface area contributed by atoms with Gasteiger partial charge in [0.15, 0.2) is 11.5 Å². The molecule has 0 unspecified atom stereocenters. The minimum Gasteiger partial charge on any atom is -0.485 e. The number of benzene rings is 5. The van der Waals surface area contributed by atoms with Gasteiger partial charge in [-0.2, -0.15) is 0 Å². The molecule has 1 fully saturated rings. The number of carbonyl (C=O) groups is 2. The van der Waals surface area contributed by atoms with E-state index in [-0.39, 0.29) is 17.9 Å². The number of nitrogens with one attached hydrogen (secondary N) is 1. The van der Waals surface area contributed by atoms with Gasteiger partial charge in [0, 0.05) is 30.3 Å². The number of piperidine rings is 1. The van der Waals surface area contributed by atoms with Crippen LogP contribution < -0.4 is 19.5 Å². The molecule has 0 atom stereocenters. The molecule has 48 heavy (non-hydrogen) atoms. The molecular weight excluding hydrogens is 600 g/mol. The molecule has 0 aromatic heterocycles. The van der Waals surface area contributed by atoms with Crippen LogP contribution in [0.1, 0.15) is 55.8 Å². The summed E-state index contributed by atoms with van der Waals surface area (Å²) in [6.45, 7) is 4.03. The van der Waals surface area contributed by atoms with E-state index in [1.54, 1.807) is 12.1 Å². The molecule has 5 aromatic rings. The predicted octanol–water partition coefficient (Wildman–Crippen LogP) is 7.77. The molecule has 7 heteroatoms. The maximum absolute atomic E-state index is 13.8. The predicted molar refractivity (Wildman–Crippen MR) is 186 cm³/mol. The van der Waals surface area contributed by atoms with Crippen LogP contribution in [0, 0.1) is 6.92 Å². The van der Waals surface area contributed by atoms with Gasteiger partial charge in [0.05, 0.1) is 0 Å². The molecule has 0 bridgehead atoms. The zero-order valence-electron chi connectivity index (χ0n) is 27.1. The Labute approximate surface area is 282 Å². The zero-order valence-corrected chi connectivity index (χ0v) is 27.1. The number of hydrogen-bond acceptors (Lipinski definition) is 5. The maximum atomic E-state index is 13.8. The molecule has 0 saturated carbocycles. The number of hydrogen-bond donors (Lipinski definition) is 1. The van der Waals surface area contributed by atoms with Crippen LogP contribution in [0.4, 0.5) is 0 Å². The van der Waals surface area contributed by atoms with E-state index in [4.69, 9.17) is 14.2 Å². The van der Waals surface area contributed by atoms with Crippen LogP contribution in [0.2, 0.25) is 0 Å².